The van der Waals surface area contributed by atoms with Crippen molar-refractivity contribution in [1.82, 2.24) is 14.8 Å². The van der Waals surface area contributed by atoms with Crippen molar-refractivity contribution in [2.75, 3.05) is 0 Å². The van der Waals surface area contributed by atoms with E-state index in [2.05, 4.69) is 26.0 Å². The van der Waals surface area contributed by atoms with Gasteiger partial charge in [0.15, 0.2) is 0 Å². The molecule has 0 amide bonds. The van der Waals surface area contributed by atoms with Crippen LogP contribution in [0.1, 0.15) is 36.8 Å². The van der Waals surface area contributed by atoms with Gasteiger partial charge < -0.3 is 5.11 Å². The first-order valence-electron chi connectivity index (χ1n) is 8.13. The first-order valence-corrected chi connectivity index (χ1v) is 8.92. The van der Waals surface area contributed by atoms with E-state index in [9.17, 15) is 9.50 Å². The maximum absolute atomic E-state index is 13.6. The lowest BCUT2D eigenvalue weighted by atomic mass is 9.94. The summed E-state index contributed by atoms with van der Waals surface area (Å²) in [6, 6.07) is 8.27. The average Bonchev–Trinajstić information content (AvgIpc) is 2.95. The molecular weight excluding hydrogens is 385 g/mol. The molecule has 0 aliphatic carbocycles. The molecule has 0 radical (unpaired) electrons. The highest BCUT2D eigenvalue weighted by Crippen LogP contribution is 2.32. The molecule has 0 saturated heterocycles. The molecule has 2 heterocycles. The Bertz CT molecular complexity index is 892. The number of pyridine rings is 1. The molecule has 3 rings (SSSR count). The van der Waals surface area contributed by atoms with Gasteiger partial charge in [0.25, 0.3) is 0 Å². The van der Waals surface area contributed by atoms with E-state index >= 15 is 0 Å². The quantitative estimate of drug-likeness (QED) is 0.681. The number of halogens is 2. The van der Waals surface area contributed by atoms with Crippen LogP contribution in [-0.4, -0.2) is 19.9 Å². The molecular formula is C19H19BrFN3O. The molecule has 1 N–H and O–H groups in total. The second kappa shape index (κ2) is 7.45. The number of benzene rings is 1. The Morgan fingerprint density at radius 3 is 2.76 bits per heavy atom. The van der Waals surface area contributed by atoms with Crippen molar-refractivity contribution < 1.29 is 9.50 Å². The van der Waals surface area contributed by atoms with Crippen LogP contribution in [0.2, 0.25) is 0 Å². The van der Waals surface area contributed by atoms with Crippen LogP contribution in [0.5, 0.6) is 0 Å². The van der Waals surface area contributed by atoms with Crippen molar-refractivity contribution in [3.05, 3.63) is 70.0 Å². The summed E-state index contributed by atoms with van der Waals surface area (Å²) in [7, 11) is 0. The summed E-state index contributed by atoms with van der Waals surface area (Å²) >= 11 is 3.58. The van der Waals surface area contributed by atoms with Gasteiger partial charge in [0.1, 0.15) is 10.4 Å². The molecule has 6 heteroatoms. The zero-order chi connectivity index (χ0) is 18.0. The summed E-state index contributed by atoms with van der Waals surface area (Å²) in [4.78, 5) is 4.52. The molecule has 2 aromatic heterocycles. The summed E-state index contributed by atoms with van der Waals surface area (Å²) in [5.41, 5.74) is 4.11. The van der Waals surface area contributed by atoms with Crippen molar-refractivity contribution in [1.29, 1.82) is 0 Å². The fourth-order valence-corrected chi connectivity index (χ4v) is 3.46. The van der Waals surface area contributed by atoms with Crippen molar-refractivity contribution in [3.8, 4) is 11.1 Å². The maximum atomic E-state index is 13.6. The lowest BCUT2D eigenvalue weighted by Gasteiger charge is -2.15. The predicted octanol–water partition coefficient (Wildman–Crippen LogP) is 4.51. The van der Waals surface area contributed by atoms with E-state index in [4.69, 9.17) is 0 Å². The monoisotopic (exact) mass is 403 g/mol. The molecule has 0 aliphatic heterocycles. The van der Waals surface area contributed by atoms with Crippen LogP contribution >= 0.6 is 15.9 Å². The summed E-state index contributed by atoms with van der Waals surface area (Å²) in [5, 5.41) is 14.4. The number of aliphatic hydroxyl groups is 1. The third-order valence-electron chi connectivity index (χ3n) is 4.15. The molecule has 1 unspecified atom stereocenters. The Hall–Kier alpha value is -2.05. The molecule has 1 aromatic carbocycles. The predicted molar refractivity (Wildman–Crippen MR) is 98.7 cm³/mol. The van der Waals surface area contributed by atoms with Crippen molar-refractivity contribution in [2.45, 2.75) is 32.9 Å². The Labute approximate surface area is 154 Å². The number of aliphatic hydroxyl groups excluding tert-OH is 1. The average molecular weight is 404 g/mol. The van der Waals surface area contributed by atoms with Gasteiger partial charge in [-0.3, -0.25) is 9.67 Å². The number of rotatable bonds is 5. The van der Waals surface area contributed by atoms with Crippen molar-refractivity contribution in [3.63, 3.8) is 0 Å². The normalized spacial score (nSPS) is 12.4. The molecule has 0 bridgehead atoms. The van der Waals surface area contributed by atoms with Crippen LogP contribution in [-0.2, 0) is 13.0 Å². The molecule has 1 atom stereocenters. The molecule has 0 fully saturated rings. The van der Waals surface area contributed by atoms with Crippen LogP contribution in [0.3, 0.4) is 0 Å². The van der Waals surface area contributed by atoms with Gasteiger partial charge in [0.05, 0.1) is 18.0 Å². The lowest BCUT2D eigenvalue weighted by molar-refractivity contribution is 0.199. The molecule has 25 heavy (non-hydrogen) atoms. The van der Waals surface area contributed by atoms with Crippen molar-refractivity contribution >= 4 is 15.9 Å². The first-order chi connectivity index (χ1) is 12.0. The second-order valence-electron chi connectivity index (χ2n) is 5.86. The van der Waals surface area contributed by atoms with Crippen LogP contribution < -0.4 is 0 Å². The third kappa shape index (κ3) is 3.65. The van der Waals surface area contributed by atoms with E-state index in [1.807, 2.05) is 29.9 Å². The fraction of sp³-hybridized carbons (Fsp3) is 0.263. The summed E-state index contributed by atoms with van der Waals surface area (Å²) < 4.78 is 16.4. The van der Waals surface area contributed by atoms with Gasteiger partial charge in [-0.25, -0.2) is 4.39 Å². The molecule has 3 aromatic rings. The van der Waals surface area contributed by atoms with Gasteiger partial charge in [-0.15, -0.1) is 0 Å². The highest BCUT2D eigenvalue weighted by atomic mass is 79.9. The zero-order valence-electron chi connectivity index (χ0n) is 14.1. The van der Waals surface area contributed by atoms with Crippen LogP contribution in [0.4, 0.5) is 4.39 Å². The standard InChI is InChI=1S/C19H19BrFN3O/c1-3-24-19(20)13(11-23-24)9-18-16(5-4-8-22-18)15-7-6-14(21)10-17(15)12(2)25/h4-8,10-12,25H,3,9H2,1-2H3. The third-order valence-corrected chi connectivity index (χ3v) is 5.06. The molecule has 0 spiro atoms. The highest BCUT2D eigenvalue weighted by molar-refractivity contribution is 9.10. The van der Waals surface area contributed by atoms with Crippen LogP contribution in [0, 0.1) is 5.82 Å². The Morgan fingerprint density at radius 1 is 1.28 bits per heavy atom. The van der Waals surface area contributed by atoms with E-state index in [-0.39, 0.29) is 5.82 Å². The minimum atomic E-state index is -0.770. The smallest absolute Gasteiger partial charge is 0.123 e. The van der Waals surface area contributed by atoms with Crippen LogP contribution in [0.15, 0.2) is 47.3 Å². The SMILES string of the molecule is CCn1ncc(Cc2ncccc2-c2ccc(F)cc2C(C)O)c1Br. The Morgan fingerprint density at radius 2 is 2.08 bits per heavy atom. The lowest BCUT2D eigenvalue weighted by Crippen LogP contribution is -2.01. The topological polar surface area (TPSA) is 50.9 Å². The second-order valence-corrected chi connectivity index (χ2v) is 6.61. The Balaban J connectivity index is 2.06. The van der Waals surface area contributed by atoms with Gasteiger partial charge in [0, 0.05) is 30.3 Å². The van der Waals surface area contributed by atoms with Gasteiger partial charge >= 0.3 is 0 Å². The molecule has 130 valence electrons. The zero-order valence-corrected chi connectivity index (χ0v) is 15.7. The van der Waals surface area contributed by atoms with E-state index in [0.29, 0.717) is 12.0 Å². The molecule has 0 saturated carbocycles. The van der Waals surface area contributed by atoms with Gasteiger partial charge in [-0.2, -0.15) is 5.10 Å². The number of aryl methyl sites for hydroxylation is 1. The van der Waals surface area contributed by atoms with E-state index in [0.717, 1.165) is 33.5 Å². The van der Waals surface area contributed by atoms with E-state index in [1.54, 1.807) is 19.2 Å². The number of hydrogen-bond donors (Lipinski definition) is 1. The van der Waals surface area contributed by atoms with Gasteiger partial charge in [0.2, 0.25) is 0 Å². The molecule has 0 aliphatic rings. The van der Waals surface area contributed by atoms with Gasteiger partial charge in [-0.1, -0.05) is 12.1 Å². The summed E-state index contributed by atoms with van der Waals surface area (Å²) in [6.45, 7) is 4.44. The maximum Gasteiger partial charge on any atom is 0.123 e. The largest absolute Gasteiger partial charge is 0.389 e. The fourth-order valence-electron chi connectivity index (χ4n) is 2.88. The summed E-state index contributed by atoms with van der Waals surface area (Å²) in [6.07, 6.45) is 3.38. The Kier molecular flexibility index (Phi) is 5.30. The van der Waals surface area contributed by atoms with Crippen LogP contribution in [0.25, 0.3) is 11.1 Å². The van der Waals surface area contributed by atoms with Gasteiger partial charge in [-0.05, 0) is 59.1 Å². The first kappa shape index (κ1) is 17.8. The number of aromatic nitrogens is 3. The minimum absolute atomic E-state index is 0.364. The number of hydrogen-bond acceptors (Lipinski definition) is 3. The van der Waals surface area contributed by atoms with Crippen molar-refractivity contribution in [2.24, 2.45) is 0 Å². The number of nitrogens with zero attached hydrogens (tertiary/aromatic N) is 3. The van der Waals surface area contributed by atoms with E-state index in [1.165, 1.54) is 12.1 Å². The highest BCUT2D eigenvalue weighted by Gasteiger charge is 2.16. The summed E-state index contributed by atoms with van der Waals surface area (Å²) in [5.74, 6) is -0.364. The minimum Gasteiger partial charge on any atom is -0.389 e. The molecule has 4 nitrogen and oxygen atoms in total. The van der Waals surface area contributed by atoms with E-state index < -0.39 is 6.10 Å².